The summed E-state index contributed by atoms with van der Waals surface area (Å²) in [6, 6.07) is 0. The molecule has 24 heavy (non-hydrogen) atoms. The first-order chi connectivity index (χ1) is 11.4. The predicted molar refractivity (Wildman–Crippen MR) is 92.9 cm³/mol. The van der Waals surface area contributed by atoms with E-state index in [1.807, 2.05) is 0 Å². The van der Waals surface area contributed by atoms with Crippen LogP contribution in [0.1, 0.15) is 51.7 Å². The molecule has 1 aliphatic heterocycles. The third-order valence-electron chi connectivity index (χ3n) is 4.12. The predicted octanol–water partition coefficient (Wildman–Crippen LogP) is 1.10. The van der Waals surface area contributed by atoms with E-state index in [1.165, 1.54) is 0 Å². The average Bonchev–Trinajstić information content (AvgIpc) is 3.02. The number of aryl methyl sites for hydroxylation is 1. The molecule has 136 valence electrons. The Morgan fingerprint density at radius 3 is 2.71 bits per heavy atom. The first-order valence-electron chi connectivity index (χ1n) is 8.98. The number of carbonyl (C=O) groups excluding carboxylic acids is 1. The van der Waals surface area contributed by atoms with Gasteiger partial charge < -0.3 is 20.1 Å². The normalized spacial score (nSPS) is 16.3. The molecule has 0 unspecified atom stereocenters. The van der Waals surface area contributed by atoms with Gasteiger partial charge in [-0.3, -0.25) is 4.79 Å². The lowest BCUT2D eigenvalue weighted by atomic mass is 9.96. The van der Waals surface area contributed by atoms with Gasteiger partial charge in [-0.1, -0.05) is 25.9 Å². The van der Waals surface area contributed by atoms with Gasteiger partial charge in [-0.2, -0.15) is 4.98 Å². The molecular weight excluding hydrogens is 306 g/mol. The smallest absolute Gasteiger partial charge is 0.226 e. The summed E-state index contributed by atoms with van der Waals surface area (Å²) in [5.74, 6) is 1.44. The fraction of sp³-hybridized carbons (Fsp3) is 0.824. The van der Waals surface area contributed by atoms with E-state index in [2.05, 4.69) is 46.4 Å². The first kappa shape index (κ1) is 18.9. The molecule has 0 bridgehead atoms. The number of nitrogens with zero attached hydrogens (tertiary/aromatic N) is 3. The third kappa shape index (κ3) is 6.57. The summed E-state index contributed by atoms with van der Waals surface area (Å²) >= 11 is 0. The van der Waals surface area contributed by atoms with Crippen molar-refractivity contribution in [1.29, 1.82) is 0 Å². The van der Waals surface area contributed by atoms with Crippen molar-refractivity contribution in [3.8, 4) is 0 Å². The Morgan fingerprint density at radius 2 is 2.04 bits per heavy atom. The summed E-state index contributed by atoms with van der Waals surface area (Å²) in [5, 5.41) is 10.3. The van der Waals surface area contributed by atoms with E-state index in [4.69, 9.17) is 4.52 Å². The monoisotopic (exact) mass is 337 g/mol. The Labute approximate surface area is 144 Å². The maximum absolute atomic E-state index is 11.8. The van der Waals surface area contributed by atoms with Crippen molar-refractivity contribution < 1.29 is 9.32 Å². The van der Waals surface area contributed by atoms with Crippen LogP contribution in [0.4, 0.5) is 0 Å². The standard InChI is InChI=1S/C17H31N5O2/c1-17(2,3)16-20-15(24-21-16)7-4-6-14(23)19-8-5-11-22-12-9-18-10-13-22/h18H,4-13H2,1-3H3,(H,19,23). The van der Waals surface area contributed by atoms with Gasteiger partial charge in [-0.15, -0.1) is 0 Å². The van der Waals surface area contributed by atoms with Gasteiger partial charge in [-0.25, -0.2) is 0 Å². The number of hydrogen-bond acceptors (Lipinski definition) is 6. The maximum atomic E-state index is 11.8. The van der Waals surface area contributed by atoms with E-state index in [1.54, 1.807) is 0 Å². The van der Waals surface area contributed by atoms with Crippen molar-refractivity contribution in [3.05, 3.63) is 11.7 Å². The second kappa shape index (κ2) is 9.13. The molecule has 0 aliphatic carbocycles. The van der Waals surface area contributed by atoms with Crippen molar-refractivity contribution in [2.75, 3.05) is 39.3 Å². The second-order valence-corrected chi connectivity index (χ2v) is 7.41. The molecule has 1 aliphatic rings. The van der Waals surface area contributed by atoms with E-state index in [-0.39, 0.29) is 11.3 Å². The summed E-state index contributed by atoms with van der Waals surface area (Å²) in [5.41, 5.74) is -0.108. The van der Waals surface area contributed by atoms with Crippen LogP contribution in [-0.4, -0.2) is 60.2 Å². The molecule has 2 heterocycles. The third-order valence-corrected chi connectivity index (χ3v) is 4.12. The average molecular weight is 337 g/mol. The van der Waals surface area contributed by atoms with Gasteiger partial charge in [0.05, 0.1) is 0 Å². The minimum atomic E-state index is -0.108. The zero-order chi connectivity index (χ0) is 17.4. The molecule has 7 nitrogen and oxygen atoms in total. The van der Waals surface area contributed by atoms with E-state index in [9.17, 15) is 4.79 Å². The lowest BCUT2D eigenvalue weighted by molar-refractivity contribution is -0.121. The van der Waals surface area contributed by atoms with Crippen LogP contribution in [0.15, 0.2) is 4.52 Å². The molecule has 7 heteroatoms. The highest BCUT2D eigenvalue weighted by Gasteiger charge is 2.20. The molecule has 1 aromatic heterocycles. The molecule has 2 rings (SSSR count). The highest BCUT2D eigenvalue weighted by Crippen LogP contribution is 2.18. The van der Waals surface area contributed by atoms with Gasteiger partial charge in [0.1, 0.15) is 0 Å². The lowest BCUT2D eigenvalue weighted by Crippen LogP contribution is -2.44. The van der Waals surface area contributed by atoms with Gasteiger partial charge in [-0.05, 0) is 19.4 Å². The Hall–Kier alpha value is -1.47. The van der Waals surface area contributed by atoms with E-state index >= 15 is 0 Å². The van der Waals surface area contributed by atoms with Crippen molar-refractivity contribution in [2.24, 2.45) is 0 Å². The Bertz CT molecular complexity index is 503. The number of hydrogen-bond donors (Lipinski definition) is 2. The molecule has 2 N–H and O–H groups in total. The largest absolute Gasteiger partial charge is 0.356 e. The van der Waals surface area contributed by atoms with Crippen molar-refractivity contribution >= 4 is 5.91 Å². The number of piperazine rings is 1. The summed E-state index contributed by atoms with van der Waals surface area (Å²) < 4.78 is 5.24. The number of aromatic nitrogens is 2. The first-order valence-corrected chi connectivity index (χ1v) is 8.98. The summed E-state index contributed by atoms with van der Waals surface area (Å²) in [6.07, 6.45) is 2.89. The zero-order valence-corrected chi connectivity index (χ0v) is 15.2. The highest BCUT2D eigenvalue weighted by atomic mass is 16.5. The summed E-state index contributed by atoms with van der Waals surface area (Å²) in [7, 11) is 0. The number of nitrogens with one attached hydrogen (secondary N) is 2. The van der Waals surface area contributed by atoms with Crippen molar-refractivity contribution in [2.45, 2.75) is 51.9 Å². The van der Waals surface area contributed by atoms with Gasteiger partial charge >= 0.3 is 0 Å². The fourth-order valence-electron chi connectivity index (χ4n) is 2.61. The Morgan fingerprint density at radius 1 is 1.29 bits per heavy atom. The molecule has 0 spiro atoms. The van der Waals surface area contributed by atoms with Crippen LogP contribution in [0, 0.1) is 0 Å². The molecule has 1 amide bonds. The van der Waals surface area contributed by atoms with E-state index in [0.29, 0.717) is 18.7 Å². The van der Waals surface area contributed by atoms with Crippen LogP contribution < -0.4 is 10.6 Å². The van der Waals surface area contributed by atoms with E-state index < -0.39 is 0 Å². The minimum absolute atomic E-state index is 0.103. The molecule has 0 aromatic carbocycles. The van der Waals surface area contributed by atoms with Gasteiger partial charge in [0, 0.05) is 51.0 Å². The van der Waals surface area contributed by atoms with E-state index in [0.717, 1.165) is 57.9 Å². The van der Waals surface area contributed by atoms with Crippen LogP contribution in [0.3, 0.4) is 0 Å². The second-order valence-electron chi connectivity index (χ2n) is 7.41. The Kier molecular flexibility index (Phi) is 7.17. The molecular formula is C17H31N5O2. The van der Waals surface area contributed by atoms with Crippen molar-refractivity contribution in [3.63, 3.8) is 0 Å². The van der Waals surface area contributed by atoms with Crippen molar-refractivity contribution in [1.82, 2.24) is 25.7 Å². The maximum Gasteiger partial charge on any atom is 0.226 e. The number of carbonyl (C=O) groups is 1. The van der Waals surface area contributed by atoms with Gasteiger partial charge in [0.25, 0.3) is 0 Å². The summed E-state index contributed by atoms with van der Waals surface area (Å²) in [6.45, 7) is 12.3. The molecule has 0 radical (unpaired) electrons. The Balaban J connectivity index is 1.54. The quantitative estimate of drug-likeness (QED) is 0.691. The van der Waals surface area contributed by atoms with Crippen LogP contribution in [0.2, 0.25) is 0 Å². The topological polar surface area (TPSA) is 83.3 Å². The SMILES string of the molecule is CC(C)(C)c1noc(CCCC(=O)NCCCN2CCNCC2)n1. The van der Waals surface area contributed by atoms with Crippen LogP contribution >= 0.6 is 0 Å². The minimum Gasteiger partial charge on any atom is -0.356 e. The van der Waals surface area contributed by atoms with Gasteiger partial charge in [0.15, 0.2) is 5.82 Å². The molecule has 1 saturated heterocycles. The molecule has 1 aromatic rings. The zero-order valence-electron chi connectivity index (χ0n) is 15.2. The van der Waals surface area contributed by atoms with Crippen LogP contribution in [0.5, 0.6) is 0 Å². The molecule has 0 saturated carbocycles. The summed E-state index contributed by atoms with van der Waals surface area (Å²) in [4.78, 5) is 18.7. The highest BCUT2D eigenvalue weighted by molar-refractivity contribution is 5.75. The molecule has 1 fully saturated rings. The van der Waals surface area contributed by atoms with Crippen LogP contribution in [-0.2, 0) is 16.6 Å². The number of amides is 1. The van der Waals surface area contributed by atoms with Gasteiger partial charge in [0.2, 0.25) is 11.8 Å². The fourth-order valence-corrected chi connectivity index (χ4v) is 2.61. The molecule has 0 atom stereocenters. The number of rotatable bonds is 8. The lowest BCUT2D eigenvalue weighted by Gasteiger charge is -2.27. The van der Waals surface area contributed by atoms with Crippen LogP contribution in [0.25, 0.3) is 0 Å².